The predicted octanol–water partition coefficient (Wildman–Crippen LogP) is 1.22. The zero-order chi connectivity index (χ0) is 19.5. The van der Waals surface area contributed by atoms with E-state index in [-0.39, 0.29) is 18.1 Å². The molecular weight excluding hydrogens is 358 g/mol. The topological polar surface area (TPSA) is 103 Å². The summed E-state index contributed by atoms with van der Waals surface area (Å²) in [7, 11) is 0. The number of aliphatic imine (C=N–C) groups is 1. The maximum absolute atomic E-state index is 12.9. The minimum absolute atomic E-state index is 0.112. The van der Waals surface area contributed by atoms with E-state index in [1.54, 1.807) is 18.2 Å². The third-order valence-corrected chi connectivity index (χ3v) is 4.01. The zero-order valence-corrected chi connectivity index (χ0v) is 14.6. The smallest absolute Gasteiger partial charge is 0.294 e. The van der Waals surface area contributed by atoms with Gasteiger partial charge in [-0.2, -0.15) is 5.01 Å². The third-order valence-electron chi connectivity index (χ3n) is 4.01. The van der Waals surface area contributed by atoms with E-state index >= 15 is 0 Å². The monoisotopic (exact) mass is 373 g/mol. The third kappa shape index (κ3) is 3.56. The molecule has 4 rings (SSSR count). The molecule has 0 radical (unpaired) electrons. The van der Waals surface area contributed by atoms with Gasteiger partial charge in [0.25, 0.3) is 5.91 Å². The zero-order valence-electron chi connectivity index (χ0n) is 14.6. The largest absolute Gasteiger partial charge is 0.298 e. The molecule has 138 valence electrons. The Labute approximate surface area is 160 Å². The van der Waals surface area contributed by atoms with Crippen LogP contribution in [0.15, 0.2) is 76.5 Å². The lowest BCUT2D eigenvalue weighted by Crippen LogP contribution is -2.52. The number of guanidine groups is 1. The first-order chi connectivity index (χ1) is 13.6. The molecule has 0 bridgehead atoms. The SMILES string of the molecule is O=C1CC(=O)NC(=NN2C(=O)/C(=C/c3ccccc3)N=C2c2ccccc2)N1. The molecule has 2 N–H and O–H groups in total. The fourth-order valence-electron chi connectivity index (χ4n) is 2.76. The van der Waals surface area contributed by atoms with Crippen molar-refractivity contribution in [3.8, 4) is 0 Å². The maximum atomic E-state index is 12.9. The lowest BCUT2D eigenvalue weighted by Gasteiger charge is -2.18. The number of rotatable bonds is 3. The summed E-state index contributed by atoms with van der Waals surface area (Å²) in [6.45, 7) is 0. The van der Waals surface area contributed by atoms with Crippen LogP contribution >= 0.6 is 0 Å². The highest BCUT2D eigenvalue weighted by Crippen LogP contribution is 2.22. The normalized spacial score (nSPS) is 18.1. The highest BCUT2D eigenvalue weighted by atomic mass is 16.2. The lowest BCUT2D eigenvalue weighted by atomic mass is 10.2. The van der Waals surface area contributed by atoms with Crippen molar-refractivity contribution in [2.24, 2.45) is 10.1 Å². The van der Waals surface area contributed by atoms with Gasteiger partial charge >= 0.3 is 0 Å². The Hall–Kier alpha value is -4.07. The van der Waals surface area contributed by atoms with Crippen molar-refractivity contribution >= 4 is 35.6 Å². The van der Waals surface area contributed by atoms with Crippen molar-refractivity contribution in [1.29, 1.82) is 0 Å². The summed E-state index contributed by atoms with van der Waals surface area (Å²) in [6.07, 6.45) is 1.37. The number of benzene rings is 2. The van der Waals surface area contributed by atoms with Gasteiger partial charge in [0.05, 0.1) is 0 Å². The fourth-order valence-corrected chi connectivity index (χ4v) is 2.76. The number of hydrogen-bond donors (Lipinski definition) is 2. The second-order valence-electron chi connectivity index (χ2n) is 6.08. The Kier molecular flexibility index (Phi) is 4.51. The van der Waals surface area contributed by atoms with Gasteiger partial charge in [0.15, 0.2) is 5.84 Å². The molecule has 0 spiro atoms. The number of amides is 3. The van der Waals surface area contributed by atoms with E-state index < -0.39 is 17.7 Å². The molecule has 2 aromatic rings. The minimum Gasteiger partial charge on any atom is -0.294 e. The standard InChI is InChI=1S/C20H15N5O3/c26-16-12-17(27)23-20(22-16)24-25-18(14-9-5-2-6-10-14)21-15(19(25)28)11-13-7-3-1-4-8-13/h1-11H,12H2,(H2,22,23,24,26,27)/b15-11-. The van der Waals surface area contributed by atoms with Crippen LogP contribution in [0.3, 0.4) is 0 Å². The van der Waals surface area contributed by atoms with Gasteiger partial charge in [-0.15, -0.1) is 5.10 Å². The molecule has 0 unspecified atom stereocenters. The van der Waals surface area contributed by atoms with Crippen LogP contribution in [0.4, 0.5) is 0 Å². The summed E-state index contributed by atoms with van der Waals surface area (Å²) < 4.78 is 0. The van der Waals surface area contributed by atoms with E-state index in [1.807, 2.05) is 48.5 Å². The van der Waals surface area contributed by atoms with Gasteiger partial charge in [0, 0.05) is 5.56 Å². The molecule has 2 heterocycles. The van der Waals surface area contributed by atoms with Crippen LogP contribution in [0.2, 0.25) is 0 Å². The number of amidine groups is 1. The van der Waals surface area contributed by atoms with Gasteiger partial charge in [-0.05, 0) is 11.6 Å². The number of carbonyl (C=O) groups excluding carboxylic acids is 3. The number of nitrogens with one attached hydrogen (secondary N) is 2. The molecule has 8 nitrogen and oxygen atoms in total. The number of carbonyl (C=O) groups is 3. The quantitative estimate of drug-likeness (QED) is 0.625. The second-order valence-corrected chi connectivity index (χ2v) is 6.08. The molecule has 2 aromatic carbocycles. The Balaban J connectivity index is 1.75. The highest BCUT2D eigenvalue weighted by Gasteiger charge is 2.33. The van der Waals surface area contributed by atoms with Crippen LogP contribution in [0.1, 0.15) is 17.5 Å². The van der Waals surface area contributed by atoms with Gasteiger partial charge in [-0.25, -0.2) is 4.99 Å². The summed E-state index contributed by atoms with van der Waals surface area (Å²) in [4.78, 5) is 40.6. The van der Waals surface area contributed by atoms with Gasteiger partial charge in [-0.1, -0.05) is 60.7 Å². The molecule has 3 amide bonds. The molecule has 1 fully saturated rings. The van der Waals surface area contributed by atoms with E-state index in [0.717, 1.165) is 10.6 Å². The fraction of sp³-hybridized carbons (Fsp3) is 0.0500. The van der Waals surface area contributed by atoms with E-state index in [4.69, 9.17) is 0 Å². The number of hydrazone groups is 1. The predicted molar refractivity (Wildman–Crippen MR) is 103 cm³/mol. The van der Waals surface area contributed by atoms with Gasteiger partial charge in [0.1, 0.15) is 12.1 Å². The molecule has 0 saturated carbocycles. The van der Waals surface area contributed by atoms with Gasteiger partial charge in [-0.3, -0.25) is 25.0 Å². The van der Waals surface area contributed by atoms with Crippen molar-refractivity contribution in [3.05, 3.63) is 77.5 Å². The summed E-state index contributed by atoms with van der Waals surface area (Å²) in [6, 6.07) is 18.4. The molecule has 8 heteroatoms. The average molecular weight is 373 g/mol. The minimum atomic E-state index is -0.493. The van der Waals surface area contributed by atoms with Crippen molar-refractivity contribution in [3.63, 3.8) is 0 Å². The van der Waals surface area contributed by atoms with Crippen LogP contribution in [0, 0.1) is 0 Å². The lowest BCUT2D eigenvalue weighted by molar-refractivity contribution is -0.129. The van der Waals surface area contributed by atoms with Crippen molar-refractivity contribution < 1.29 is 14.4 Å². The first kappa shape index (κ1) is 17.3. The molecule has 0 atom stereocenters. The molecule has 2 aliphatic rings. The van der Waals surface area contributed by atoms with Gasteiger partial charge < -0.3 is 0 Å². The summed E-state index contributed by atoms with van der Waals surface area (Å²) in [5, 5.41) is 10.1. The Morgan fingerprint density at radius 1 is 0.893 bits per heavy atom. The van der Waals surface area contributed by atoms with Gasteiger partial charge in [0.2, 0.25) is 17.8 Å². The first-order valence-electron chi connectivity index (χ1n) is 8.54. The van der Waals surface area contributed by atoms with Crippen LogP contribution < -0.4 is 10.6 Å². The Morgan fingerprint density at radius 3 is 2.14 bits per heavy atom. The Bertz CT molecular complexity index is 1020. The maximum Gasteiger partial charge on any atom is 0.298 e. The van der Waals surface area contributed by atoms with Crippen molar-refractivity contribution in [1.82, 2.24) is 15.6 Å². The number of nitrogens with zero attached hydrogens (tertiary/aromatic N) is 3. The summed E-state index contributed by atoms with van der Waals surface area (Å²) in [5.74, 6) is -1.27. The summed E-state index contributed by atoms with van der Waals surface area (Å²) in [5.41, 5.74) is 1.68. The molecule has 28 heavy (non-hydrogen) atoms. The van der Waals surface area contributed by atoms with Crippen LogP contribution in [0.5, 0.6) is 0 Å². The first-order valence-corrected chi connectivity index (χ1v) is 8.54. The molecular formula is C20H15N5O3. The van der Waals surface area contributed by atoms with E-state index in [9.17, 15) is 14.4 Å². The van der Waals surface area contributed by atoms with Crippen LogP contribution in [0.25, 0.3) is 6.08 Å². The van der Waals surface area contributed by atoms with E-state index in [0.29, 0.717) is 11.4 Å². The van der Waals surface area contributed by atoms with Crippen molar-refractivity contribution in [2.75, 3.05) is 0 Å². The number of hydrogen-bond acceptors (Lipinski definition) is 5. The van der Waals surface area contributed by atoms with Crippen LogP contribution in [-0.2, 0) is 14.4 Å². The highest BCUT2D eigenvalue weighted by molar-refractivity contribution is 6.21. The molecule has 1 saturated heterocycles. The Morgan fingerprint density at radius 2 is 1.50 bits per heavy atom. The van der Waals surface area contributed by atoms with Crippen LogP contribution in [-0.4, -0.2) is 34.5 Å². The summed E-state index contributed by atoms with van der Waals surface area (Å²) >= 11 is 0. The molecule has 2 aliphatic heterocycles. The van der Waals surface area contributed by atoms with E-state index in [1.165, 1.54) is 0 Å². The molecule has 0 aromatic heterocycles. The average Bonchev–Trinajstić information content (AvgIpc) is 2.98. The molecule has 0 aliphatic carbocycles. The van der Waals surface area contributed by atoms with Crippen molar-refractivity contribution in [2.45, 2.75) is 6.42 Å². The van der Waals surface area contributed by atoms with E-state index in [2.05, 4.69) is 20.7 Å². The second kappa shape index (κ2) is 7.28.